The maximum Gasteiger partial charge on any atom is 0.0242 e. The van der Waals surface area contributed by atoms with Crippen LogP contribution in [0.5, 0.6) is 0 Å². The van der Waals surface area contributed by atoms with Crippen LogP contribution in [0.15, 0.2) is 28.7 Å². The van der Waals surface area contributed by atoms with Gasteiger partial charge in [0.15, 0.2) is 0 Å². The normalized spacial score (nSPS) is 20.6. The van der Waals surface area contributed by atoms with Crippen LogP contribution >= 0.6 is 15.9 Å². The first-order chi connectivity index (χ1) is 7.75. The molecule has 0 amide bonds. The molecule has 1 aliphatic rings. The average molecular weight is 283 g/mol. The van der Waals surface area contributed by atoms with Crippen LogP contribution in [0.1, 0.15) is 18.4 Å². The molecule has 0 bridgehead atoms. The summed E-state index contributed by atoms with van der Waals surface area (Å²) < 4.78 is 1.21. The van der Waals surface area contributed by atoms with E-state index >= 15 is 0 Å². The lowest BCUT2D eigenvalue weighted by molar-refractivity contribution is 0.293. The van der Waals surface area contributed by atoms with Gasteiger partial charge in [-0.2, -0.15) is 0 Å². The highest BCUT2D eigenvalue weighted by molar-refractivity contribution is 9.10. The minimum atomic E-state index is 0.687. The predicted molar refractivity (Wildman–Crippen MR) is 71.5 cm³/mol. The molecule has 1 aliphatic heterocycles. The minimum Gasteiger partial charge on any atom is -0.313 e. The van der Waals surface area contributed by atoms with Crippen molar-refractivity contribution < 1.29 is 0 Å². The summed E-state index contributed by atoms with van der Waals surface area (Å²) in [6.45, 7) is 3.34. The number of rotatable bonds is 4. The van der Waals surface area contributed by atoms with E-state index in [4.69, 9.17) is 0 Å². The van der Waals surface area contributed by atoms with Crippen molar-refractivity contribution in [1.82, 2.24) is 10.2 Å². The summed E-state index contributed by atoms with van der Waals surface area (Å²) in [6.07, 6.45) is 2.65. The fourth-order valence-electron chi connectivity index (χ4n) is 2.27. The minimum absolute atomic E-state index is 0.687. The first-order valence-corrected chi connectivity index (χ1v) is 6.70. The molecule has 1 atom stereocenters. The van der Waals surface area contributed by atoms with E-state index in [9.17, 15) is 0 Å². The highest BCUT2D eigenvalue weighted by Crippen LogP contribution is 2.17. The molecule has 0 spiro atoms. The topological polar surface area (TPSA) is 15.3 Å². The van der Waals surface area contributed by atoms with E-state index < -0.39 is 0 Å². The zero-order chi connectivity index (χ0) is 11.4. The first-order valence-electron chi connectivity index (χ1n) is 5.91. The molecule has 1 N–H and O–H groups in total. The average Bonchev–Trinajstić information content (AvgIpc) is 2.74. The van der Waals surface area contributed by atoms with Crippen LogP contribution in [0.2, 0.25) is 0 Å². The zero-order valence-electron chi connectivity index (χ0n) is 9.75. The Kier molecular flexibility index (Phi) is 4.38. The Morgan fingerprint density at radius 1 is 1.44 bits per heavy atom. The lowest BCUT2D eigenvalue weighted by atomic mass is 10.2. The van der Waals surface area contributed by atoms with E-state index in [0.29, 0.717) is 6.04 Å². The molecular formula is C13H19BrN2. The number of halogens is 1. The van der Waals surface area contributed by atoms with Crippen molar-refractivity contribution in [3.05, 3.63) is 34.3 Å². The van der Waals surface area contributed by atoms with Gasteiger partial charge in [0.05, 0.1) is 0 Å². The van der Waals surface area contributed by atoms with E-state index in [1.54, 1.807) is 0 Å². The van der Waals surface area contributed by atoms with Gasteiger partial charge in [-0.15, -0.1) is 0 Å². The Morgan fingerprint density at radius 2 is 2.25 bits per heavy atom. The molecule has 1 saturated heterocycles. The van der Waals surface area contributed by atoms with Crippen LogP contribution in [0.3, 0.4) is 0 Å². The van der Waals surface area contributed by atoms with Crippen LogP contribution in [0.25, 0.3) is 0 Å². The number of hydrogen-bond acceptors (Lipinski definition) is 2. The van der Waals surface area contributed by atoms with Gasteiger partial charge in [-0.25, -0.2) is 0 Å². The summed E-state index contributed by atoms with van der Waals surface area (Å²) in [5.74, 6) is 0. The second-order valence-corrected chi connectivity index (χ2v) is 5.44. The molecular weight excluding hydrogens is 264 g/mol. The van der Waals surface area contributed by atoms with Crippen LogP contribution in [-0.2, 0) is 6.54 Å². The van der Waals surface area contributed by atoms with Gasteiger partial charge in [0, 0.05) is 23.6 Å². The molecule has 0 aromatic heterocycles. The number of likely N-dealkylation sites (N-methyl/N-ethyl adjacent to an activating group) is 1. The van der Waals surface area contributed by atoms with Gasteiger partial charge in [-0.1, -0.05) is 34.1 Å². The highest BCUT2D eigenvalue weighted by atomic mass is 79.9. The third kappa shape index (κ3) is 3.30. The fraction of sp³-hybridized carbons (Fsp3) is 0.538. The lowest BCUT2D eigenvalue weighted by Gasteiger charge is -2.21. The molecule has 2 rings (SSSR count). The third-order valence-corrected chi connectivity index (χ3v) is 3.87. The Labute approximate surface area is 106 Å². The Morgan fingerprint density at radius 3 is 2.94 bits per heavy atom. The standard InChI is InChI=1S/C13H19BrN2/c1-16(10-12-6-4-8-15-12)9-11-5-2-3-7-13(11)14/h2-3,5,7,12,15H,4,6,8-10H2,1H3/t12-/m1/s1. The van der Waals surface area contributed by atoms with Crippen molar-refractivity contribution in [3.8, 4) is 0 Å². The van der Waals surface area contributed by atoms with Gasteiger partial charge < -0.3 is 10.2 Å². The molecule has 16 heavy (non-hydrogen) atoms. The summed E-state index contributed by atoms with van der Waals surface area (Å²) in [6, 6.07) is 9.14. The van der Waals surface area contributed by atoms with Crippen LogP contribution in [-0.4, -0.2) is 31.1 Å². The van der Waals surface area contributed by atoms with Crippen LogP contribution < -0.4 is 5.32 Å². The highest BCUT2D eigenvalue weighted by Gasteiger charge is 2.16. The molecule has 1 heterocycles. The van der Waals surface area contributed by atoms with Crippen molar-refractivity contribution in [2.75, 3.05) is 20.1 Å². The number of nitrogens with zero attached hydrogens (tertiary/aromatic N) is 1. The second-order valence-electron chi connectivity index (χ2n) is 4.58. The van der Waals surface area contributed by atoms with Gasteiger partial charge in [0.2, 0.25) is 0 Å². The van der Waals surface area contributed by atoms with Gasteiger partial charge in [-0.05, 0) is 38.1 Å². The van der Waals surface area contributed by atoms with Gasteiger partial charge >= 0.3 is 0 Å². The molecule has 0 saturated carbocycles. The van der Waals surface area contributed by atoms with Crippen molar-refractivity contribution in [2.45, 2.75) is 25.4 Å². The number of benzene rings is 1. The molecule has 2 nitrogen and oxygen atoms in total. The smallest absolute Gasteiger partial charge is 0.0242 e. The van der Waals surface area contributed by atoms with E-state index in [-0.39, 0.29) is 0 Å². The third-order valence-electron chi connectivity index (χ3n) is 3.09. The second kappa shape index (κ2) is 5.80. The Balaban J connectivity index is 1.86. The van der Waals surface area contributed by atoms with E-state index in [2.05, 4.69) is 57.5 Å². The van der Waals surface area contributed by atoms with E-state index in [1.807, 2.05) is 0 Å². The Bertz CT molecular complexity index is 334. The SMILES string of the molecule is CN(Cc1ccccc1Br)C[C@H]1CCCN1. The molecule has 0 unspecified atom stereocenters. The molecule has 0 aliphatic carbocycles. The molecule has 1 aromatic rings. The first kappa shape index (κ1) is 12.1. The molecule has 1 aromatic carbocycles. The van der Waals surface area contributed by atoms with E-state index in [0.717, 1.165) is 13.1 Å². The van der Waals surface area contributed by atoms with Crippen molar-refractivity contribution in [2.24, 2.45) is 0 Å². The summed E-state index contributed by atoms with van der Waals surface area (Å²) >= 11 is 3.60. The molecule has 1 fully saturated rings. The summed E-state index contributed by atoms with van der Waals surface area (Å²) in [7, 11) is 2.19. The van der Waals surface area contributed by atoms with Gasteiger partial charge in [-0.3, -0.25) is 0 Å². The largest absolute Gasteiger partial charge is 0.313 e. The summed E-state index contributed by atoms with van der Waals surface area (Å²) in [5, 5.41) is 3.53. The van der Waals surface area contributed by atoms with Gasteiger partial charge in [0.25, 0.3) is 0 Å². The van der Waals surface area contributed by atoms with Gasteiger partial charge in [0.1, 0.15) is 0 Å². The van der Waals surface area contributed by atoms with Crippen molar-refractivity contribution in [1.29, 1.82) is 0 Å². The monoisotopic (exact) mass is 282 g/mol. The Hall–Kier alpha value is -0.380. The van der Waals surface area contributed by atoms with Crippen molar-refractivity contribution in [3.63, 3.8) is 0 Å². The number of nitrogens with one attached hydrogen (secondary N) is 1. The van der Waals surface area contributed by atoms with Crippen LogP contribution in [0.4, 0.5) is 0 Å². The lowest BCUT2D eigenvalue weighted by Crippen LogP contribution is -2.34. The summed E-state index contributed by atoms with van der Waals surface area (Å²) in [5.41, 5.74) is 1.36. The predicted octanol–water partition coefficient (Wildman–Crippen LogP) is 2.63. The molecule has 0 radical (unpaired) electrons. The summed E-state index contributed by atoms with van der Waals surface area (Å²) in [4.78, 5) is 2.39. The maximum absolute atomic E-state index is 3.60. The molecule has 88 valence electrons. The molecule has 3 heteroatoms. The number of hydrogen-bond donors (Lipinski definition) is 1. The van der Waals surface area contributed by atoms with E-state index in [1.165, 1.54) is 29.4 Å². The quantitative estimate of drug-likeness (QED) is 0.914. The fourth-order valence-corrected chi connectivity index (χ4v) is 2.68. The maximum atomic E-state index is 3.60. The van der Waals surface area contributed by atoms with Crippen LogP contribution in [0, 0.1) is 0 Å². The van der Waals surface area contributed by atoms with Crippen molar-refractivity contribution >= 4 is 15.9 Å². The zero-order valence-corrected chi connectivity index (χ0v) is 11.3.